The van der Waals surface area contributed by atoms with Crippen molar-refractivity contribution in [3.05, 3.63) is 83.1 Å². The Labute approximate surface area is 268 Å². The molecule has 4 rings (SSSR count). The van der Waals surface area contributed by atoms with Crippen molar-refractivity contribution in [3.63, 3.8) is 0 Å². The van der Waals surface area contributed by atoms with Gasteiger partial charge in [0.2, 0.25) is 0 Å². The van der Waals surface area contributed by atoms with Crippen LogP contribution in [0.25, 0.3) is 0 Å². The summed E-state index contributed by atoms with van der Waals surface area (Å²) in [4.78, 5) is 0. The molecule has 244 valence electrons. The Bertz CT molecular complexity index is 1290. The van der Waals surface area contributed by atoms with Gasteiger partial charge in [0.05, 0.1) is 17.8 Å². The predicted octanol–water partition coefficient (Wildman–Crippen LogP) is 9.42. The van der Waals surface area contributed by atoms with Gasteiger partial charge in [-0.05, 0) is 91.6 Å². The van der Waals surface area contributed by atoms with E-state index in [-0.39, 0.29) is 45.4 Å². The summed E-state index contributed by atoms with van der Waals surface area (Å²) in [5.74, 6) is 0. The molecule has 0 radical (unpaired) electrons. The summed E-state index contributed by atoms with van der Waals surface area (Å²) < 4.78 is 12.6. The number of hydrogen-bond donors (Lipinski definition) is 2. The highest BCUT2D eigenvalue weighted by molar-refractivity contribution is 5.36. The molecule has 0 unspecified atom stereocenters. The molecule has 0 aromatic rings. The predicted molar refractivity (Wildman–Crippen MR) is 183 cm³/mol. The van der Waals surface area contributed by atoms with Gasteiger partial charge in [0.15, 0.2) is 0 Å². The number of aliphatic hydroxyl groups is 2. The van der Waals surface area contributed by atoms with Crippen molar-refractivity contribution in [3.8, 4) is 0 Å². The molecular weight excluding hydrogens is 544 g/mol. The van der Waals surface area contributed by atoms with E-state index in [2.05, 4.69) is 130 Å². The summed E-state index contributed by atoms with van der Waals surface area (Å²) in [6.45, 7) is 21.9. The van der Waals surface area contributed by atoms with E-state index in [9.17, 15) is 10.2 Å². The zero-order valence-electron chi connectivity index (χ0n) is 29.3. The lowest BCUT2D eigenvalue weighted by atomic mass is 9.61. The maximum Gasteiger partial charge on any atom is 0.121 e. The number of hydrogen-bond acceptors (Lipinski definition) is 4. The van der Waals surface area contributed by atoms with Gasteiger partial charge in [-0.25, -0.2) is 0 Å². The van der Waals surface area contributed by atoms with Gasteiger partial charge in [-0.15, -0.1) is 0 Å². The van der Waals surface area contributed by atoms with E-state index in [1.54, 1.807) is 0 Å². The third kappa shape index (κ3) is 7.04. The van der Waals surface area contributed by atoms with Crippen LogP contribution in [0.1, 0.15) is 121 Å². The second-order valence-corrected chi connectivity index (χ2v) is 16.1. The van der Waals surface area contributed by atoms with E-state index in [0.29, 0.717) is 6.42 Å². The molecule has 0 aromatic heterocycles. The van der Waals surface area contributed by atoms with Crippen molar-refractivity contribution in [1.82, 2.24) is 0 Å². The van der Waals surface area contributed by atoms with Crippen LogP contribution >= 0.6 is 0 Å². The minimum Gasteiger partial charge on any atom is -0.393 e. The van der Waals surface area contributed by atoms with E-state index < -0.39 is 0 Å². The van der Waals surface area contributed by atoms with Gasteiger partial charge < -0.3 is 19.7 Å². The molecule has 2 aliphatic heterocycles. The van der Waals surface area contributed by atoms with Crippen molar-refractivity contribution in [1.29, 1.82) is 0 Å². The lowest BCUT2D eigenvalue weighted by Gasteiger charge is -2.40. The Balaban J connectivity index is 1.19. The molecule has 2 saturated carbocycles. The zero-order valence-corrected chi connectivity index (χ0v) is 29.3. The number of ether oxygens (including phenoxy) is 2. The Kier molecular flexibility index (Phi) is 10.0. The highest BCUT2D eigenvalue weighted by Gasteiger charge is 2.75. The third-order valence-corrected chi connectivity index (χ3v) is 11.2. The molecule has 0 bridgehead atoms. The molecule has 0 amide bonds. The Morgan fingerprint density at radius 3 is 1.91 bits per heavy atom. The highest BCUT2D eigenvalue weighted by atomic mass is 16.6. The Morgan fingerprint density at radius 1 is 0.659 bits per heavy atom. The van der Waals surface area contributed by atoms with Crippen LogP contribution in [0.2, 0.25) is 0 Å². The fraction of sp³-hybridized carbons (Fsp3) is 0.650. The number of epoxide rings is 2. The van der Waals surface area contributed by atoms with Gasteiger partial charge in [-0.3, -0.25) is 0 Å². The monoisotopic (exact) mass is 604 g/mol. The Morgan fingerprint density at radius 2 is 1.25 bits per heavy atom. The molecule has 2 aliphatic carbocycles. The van der Waals surface area contributed by atoms with Crippen LogP contribution < -0.4 is 0 Å². The summed E-state index contributed by atoms with van der Waals surface area (Å²) in [7, 11) is 0. The van der Waals surface area contributed by atoms with Gasteiger partial charge in [-0.2, -0.15) is 0 Å². The van der Waals surface area contributed by atoms with Crippen molar-refractivity contribution in [2.45, 2.75) is 155 Å². The summed E-state index contributed by atoms with van der Waals surface area (Å²) in [6, 6.07) is 0. The summed E-state index contributed by atoms with van der Waals surface area (Å²) in [5.41, 5.74) is 4.30. The van der Waals surface area contributed by atoms with Crippen molar-refractivity contribution < 1.29 is 19.7 Å². The van der Waals surface area contributed by atoms with Crippen LogP contribution in [-0.4, -0.2) is 44.8 Å². The second kappa shape index (κ2) is 12.7. The van der Waals surface area contributed by atoms with Crippen LogP contribution in [0.3, 0.4) is 0 Å². The van der Waals surface area contributed by atoms with Gasteiger partial charge in [0.1, 0.15) is 16.8 Å². The van der Waals surface area contributed by atoms with Crippen molar-refractivity contribution in [2.75, 3.05) is 0 Å². The average Bonchev–Trinajstić information content (AvgIpc) is 3.73. The summed E-state index contributed by atoms with van der Waals surface area (Å²) >= 11 is 0. The van der Waals surface area contributed by atoms with Crippen LogP contribution in [0.4, 0.5) is 0 Å². The number of fused-ring (bicyclic) bond motifs is 2. The highest BCUT2D eigenvalue weighted by Crippen LogP contribution is 2.68. The summed E-state index contributed by atoms with van der Waals surface area (Å²) in [6.07, 6.45) is 28.5. The molecule has 4 heteroatoms. The number of allylic oxidation sites excluding steroid dienone is 13. The molecular formula is C40H60O4. The molecule has 0 spiro atoms. The number of rotatable bonds is 12. The molecule has 2 N–H and O–H groups in total. The fourth-order valence-electron chi connectivity index (χ4n) is 8.67. The van der Waals surface area contributed by atoms with Crippen LogP contribution in [-0.2, 0) is 9.47 Å². The first-order chi connectivity index (χ1) is 20.4. The van der Waals surface area contributed by atoms with Crippen LogP contribution in [0.15, 0.2) is 83.1 Å². The van der Waals surface area contributed by atoms with Gasteiger partial charge in [0.25, 0.3) is 0 Å². The maximum absolute atomic E-state index is 10.3. The minimum absolute atomic E-state index is 0.00791. The van der Waals surface area contributed by atoms with Gasteiger partial charge >= 0.3 is 0 Å². The molecule has 4 fully saturated rings. The largest absolute Gasteiger partial charge is 0.393 e. The SMILES string of the molecule is CC(/C=C/C=C(C)/C=C/[C@@]12O[C@]1(C)C[C@@H](O)CC2(C)C)=C\C=C\C=C(/C)CC/C=C(\C)CC[C@@]12O[C@]1(C)C[C@@H](O)CC2(C)C. The van der Waals surface area contributed by atoms with Crippen LogP contribution in [0, 0.1) is 10.8 Å². The average molecular weight is 605 g/mol. The van der Waals surface area contributed by atoms with E-state index in [0.717, 1.165) is 44.9 Å². The molecule has 44 heavy (non-hydrogen) atoms. The third-order valence-electron chi connectivity index (χ3n) is 11.2. The van der Waals surface area contributed by atoms with Crippen molar-refractivity contribution >= 4 is 0 Å². The van der Waals surface area contributed by atoms with Gasteiger partial charge in [-0.1, -0.05) is 105 Å². The summed E-state index contributed by atoms with van der Waals surface area (Å²) in [5, 5.41) is 20.5. The van der Waals surface area contributed by atoms with E-state index in [4.69, 9.17) is 9.47 Å². The zero-order chi connectivity index (χ0) is 32.6. The first kappa shape index (κ1) is 34.9. The molecule has 6 atom stereocenters. The maximum atomic E-state index is 10.3. The Hall–Kier alpha value is -1.98. The smallest absolute Gasteiger partial charge is 0.121 e. The topological polar surface area (TPSA) is 65.5 Å². The lowest BCUT2D eigenvalue weighted by Crippen LogP contribution is -2.47. The fourth-order valence-corrected chi connectivity index (χ4v) is 8.67. The second-order valence-electron chi connectivity index (χ2n) is 16.1. The molecule has 0 aromatic carbocycles. The molecule has 4 aliphatic rings. The normalized spacial score (nSPS) is 38.8. The standard InChI is InChI=1S/C40H60O4/c1-29(17-13-19-31(3)21-23-39-35(5,6)25-33(41)27-37(39,9)43-39)15-11-12-16-30(2)18-14-20-32(4)22-24-40-36(7,8)26-34(42)28-38(40,10)44-40/h11-13,15-17,19-21,23,33-34,41-42H,14,18,22,24-28H2,1-10H3/b12-11+,17-13+,23-21+,29-15+,30-16+,31-19+,32-20+/t33-,34-,37+,38+,39-,40-/m0/s1. The van der Waals surface area contributed by atoms with E-state index in [1.807, 2.05) is 0 Å². The quantitative estimate of drug-likeness (QED) is 0.132. The van der Waals surface area contributed by atoms with Gasteiger partial charge in [0, 0.05) is 18.3 Å². The minimum atomic E-state index is -0.286. The van der Waals surface area contributed by atoms with E-state index in [1.165, 1.54) is 22.3 Å². The number of aliphatic hydroxyl groups excluding tert-OH is 2. The lowest BCUT2D eigenvalue weighted by molar-refractivity contribution is 0.0318. The van der Waals surface area contributed by atoms with E-state index >= 15 is 0 Å². The van der Waals surface area contributed by atoms with Crippen molar-refractivity contribution in [2.24, 2.45) is 10.8 Å². The molecule has 2 heterocycles. The first-order valence-corrected chi connectivity index (χ1v) is 16.9. The molecule has 2 saturated heterocycles. The first-order valence-electron chi connectivity index (χ1n) is 16.9. The molecule has 4 nitrogen and oxygen atoms in total. The van der Waals surface area contributed by atoms with Crippen LogP contribution in [0.5, 0.6) is 0 Å².